The summed E-state index contributed by atoms with van der Waals surface area (Å²) in [6.45, 7) is 0. The van der Waals surface area contributed by atoms with Gasteiger partial charge in [0, 0.05) is 0 Å². The summed E-state index contributed by atoms with van der Waals surface area (Å²) in [5.74, 6) is -1.76. The first-order chi connectivity index (χ1) is 5.41. The van der Waals surface area contributed by atoms with E-state index in [1.165, 1.54) is 0 Å². The molecule has 0 aliphatic rings. The summed E-state index contributed by atoms with van der Waals surface area (Å²) in [4.78, 5) is -0.585. The Hall–Kier alpha value is -0.140. The molecule has 0 unspecified atom stereocenters. The van der Waals surface area contributed by atoms with Crippen LogP contribution in [0, 0.1) is 5.82 Å². The third-order valence-corrected chi connectivity index (χ3v) is 2.07. The van der Waals surface area contributed by atoms with Gasteiger partial charge in [0.25, 0.3) is 10.1 Å². The summed E-state index contributed by atoms with van der Waals surface area (Å²) in [5.41, 5.74) is 0. The van der Waals surface area contributed by atoms with Crippen molar-refractivity contribution >= 4 is 39.7 Å². The Morgan fingerprint density at radius 3 is 2.23 bits per heavy atom. The van der Waals surface area contributed by atoms with Gasteiger partial charge in [0.05, 0.1) is 4.90 Å². The molecular formula is C6H6FNaO4S. The van der Waals surface area contributed by atoms with Crippen LogP contribution in [0.25, 0.3) is 0 Å². The number of hydrogen-bond donors (Lipinski definition) is 2. The molecule has 0 aliphatic heterocycles. The average molecular weight is 216 g/mol. The van der Waals surface area contributed by atoms with Crippen LogP contribution in [0.2, 0.25) is 0 Å². The van der Waals surface area contributed by atoms with Crippen molar-refractivity contribution in [2.45, 2.75) is 4.90 Å². The summed E-state index contributed by atoms with van der Waals surface area (Å²) >= 11 is 0. The van der Waals surface area contributed by atoms with E-state index in [2.05, 4.69) is 0 Å². The number of aromatic hydroxyl groups is 1. The fourth-order valence-electron chi connectivity index (χ4n) is 0.648. The van der Waals surface area contributed by atoms with Crippen LogP contribution in [0.4, 0.5) is 4.39 Å². The summed E-state index contributed by atoms with van der Waals surface area (Å²) < 4.78 is 41.7. The average Bonchev–Trinajstić information content (AvgIpc) is 1.92. The van der Waals surface area contributed by atoms with Crippen molar-refractivity contribution < 1.29 is 22.5 Å². The van der Waals surface area contributed by atoms with Gasteiger partial charge in [0.2, 0.25) is 0 Å². The third kappa shape index (κ3) is 3.24. The Bertz CT molecular complexity index is 403. The molecule has 1 rings (SSSR count). The minimum absolute atomic E-state index is 0. The molecule has 68 valence electrons. The van der Waals surface area contributed by atoms with E-state index < -0.39 is 26.6 Å². The number of hydrogen-bond acceptors (Lipinski definition) is 3. The zero-order chi connectivity index (χ0) is 9.35. The van der Waals surface area contributed by atoms with Crippen molar-refractivity contribution in [1.82, 2.24) is 0 Å². The van der Waals surface area contributed by atoms with E-state index in [1.807, 2.05) is 0 Å². The van der Waals surface area contributed by atoms with Crippen molar-refractivity contribution in [2.75, 3.05) is 0 Å². The van der Waals surface area contributed by atoms with Gasteiger partial charge in [-0.05, 0) is 18.2 Å². The summed E-state index contributed by atoms with van der Waals surface area (Å²) in [6.07, 6.45) is 0. The molecule has 0 saturated heterocycles. The molecule has 0 fully saturated rings. The fraction of sp³-hybridized carbons (Fsp3) is 0. The molecule has 0 amide bonds. The minimum atomic E-state index is -4.39. The Morgan fingerprint density at radius 2 is 1.85 bits per heavy atom. The van der Waals surface area contributed by atoms with Gasteiger partial charge in [0.1, 0.15) is 0 Å². The van der Waals surface area contributed by atoms with Gasteiger partial charge < -0.3 is 5.11 Å². The predicted molar refractivity (Wildman–Crippen MR) is 45.0 cm³/mol. The predicted octanol–water partition coefficient (Wildman–Crippen LogP) is 0.130. The second-order valence-corrected chi connectivity index (χ2v) is 3.51. The molecule has 0 spiro atoms. The first-order valence-electron chi connectivity index (χ1n) is 2.87. The van der Waals surface area contributed by atoms with Crippen molar-refractivity contribution in [3.05, 3.63) is 24.0 Å². The zero-order valence-corrected chi connectivity index (χ0v) is 6.55. The van der Waals surface area contributed by atoms with Gasteiger partial charge >= 0.3 is 29.6 Å². The van der Waals surface area contributed by atoms with Crippen LogP contribution in [0.5, 0.6) is 5.75 Å². The number of phenolic OH excluding ortho intramolecular Hbond substituents is 1. The number of phenols is 1. The second-order valence-electron chi connectivity index (χ2n) is 2.09. The number of rotatable bonds is 1. The Balaban J connectivity index is 0.00000144. The molecule has 2 N–H and O–H groups in total. The molecule has 0 atom stereocenters. The number of halogens is 1. The molecule has 0 aromatic heterocycles. The molecule has 0 radical (unpaired) electrons. The van der Waals surface area contributed by atoms with Gasteiger partial charge in [-0.3, -0.25) is 4.55 Å². The molecule has 0 bridgehead atoms. The summed E-state index contributed by atoms with van der Waals surface area (Å²) in [7, 11) is -4.39. The topological polar surface area (TPSA) is 74.6 Å². The fourth-order valence-corrected chi connectivity index (χ4v) is 1.14. The van der Waals surface area contributed by atoms with Gasteiger partial charge in [0.15, 0.2) is 11.6 Å². The standard InChI is InChI=1S/C6H5FO4S.Na.H/c7-5-3-4(12(9,10)11)1-2-6(5)8;;/h1-3,8H,(H,9,10,11);;. The first-order valence-corrected chi connectivity index (χ1v) is 4.31. The van der Waals surface area contributed by atoms with Crippen LogP contribution < -0.4 is 0 Å². The van der Waals surface area contributed by atoms with E-state index in [0.29, 0.717) is 6.07 Å². The van der Waals surface area contributed by atoms with Crippen LogP contribution in [0.15, 0.2) is 23.1 Å². The van der Waals surface area contributed by atoms with Gasteiger partial charge in [-0.2, -0.15) is 8.42 Å². The first kappa shape index (κ1) is 12.9. The quantitative estimate of drug-likeness (QED) is 0.517. The Kier molecular flexibility index (Phi) is 4.34. The monoisotopic (exact) mass is 216 g/mol. The molecular weight excluding hydrogens is 210 g/mol. The van der Waals surface area contributed by atoms with E-state index in [0.717, 1.165) is 12.1 Å². The molecule has 4 nitrogen and oxygen atoms in total. The molecule has 13 heavy (non-hydrogen) atoms. The molecule has 0 aliphatic carbocycles. The van der Waals surface area contributed by atoms with Crippen molar-refractivity contribution in [1.29, 1.82) is 0 Å². The van der Waals surface area contributed by atoms with Gasteiger partial charge in [-0.25, -0.2) is 4.39 Å². The molecule has 1 aromatic rings. The Labute approximate surface area is 96.4 Å². The van der Waals surface area contributed by atoms with E-state index in [9.17, 15) is 12.8 Å². The van der Waals surface area contributed by atoms with Crippen molar-refractivity contribution in [2.24, 2.45) is 0 Å². The van der Waals surface area contributed by atoms with E-state index in [4.69, 9.17) is 9.66 Å². The van der Waals surface area contributed by atoms with E-state index in [-0.39, 0.29) is 29.6 Å². The van der Waals surface area contributed by atoms with Crippen molar-refractivity contribution in [3.8, 4) is 5.75 Å². The maximum absolute atomic E-state index is 12.5. The molecule has 7 heteroatoms. The summed E-state index contributed by atoms with van der Waals surface area (Å²) in [5, 5.41) is 8.66. The van der Waals surface area contributed by atoms with Crippen LogP contribution in [0.3, 0.4) is 0 Å². The van der Waals surface area contributed by atoms with Crippen molar-refractivity contribution in [3.63, 3.8) is 0 Å². The van der Waals surface area contributed by atoms with Crippen LogP contribution >= 0.6 is 0 Å². The maximum atomic E-state index is 12.5. The van der Waals surface area contributed by atoms with Crippen LogP contribution in [0.1, 0.15) is 0 Å². The van der Waals surface area contributed by atoms with Gasteiger partial charge in [-0.15, -0.1) is 0 Å². The molecule has 0 saturated carbocycles. The molecule has 0 heterocycles. The van der Waals surface area contributed by atoms with Crippen LogP contribution in [-0.4, -0.2) is 47.6 Å². The Morgan fingerprint density at radius 1 is 1.31 bits per heavy atom. The molecule has 1 aromatic carbocycles. The van der Waals surface area contributed by atoms with Gasteiger partial charge in [-0.1, -0.05) is 0 Å². The van der Waals surface area contributed by atoms with Crippen LogP contribution in [-0.2, 0) is 10.1 Å². The number of benzene rings is 1. The van der Waals surface area contributed by atoms with E-state index >= 15 is 0 Å². The SMILES string of the molecule is O=S(=O)(O)c1ccc(O)c(F)c1.[NaH]. The second kappa shape index (κ2) is 4.39. The van der Waals surface area contributed by atoms with E-state index in [1.54, 1.807) is 0 Å². The summed E-state index contributed by atoms with van der Waals surface area (Å²) in [6, 6.07) is 2.27. The zero-order valence-electron chi connectivity index (χ0n) is 5.73. The normalized spacial score (nSPS) is 10.6. The third-order valence-electron chi connectivity index (χ3n) is 1.22.